The van der Waals surface area contributed by atoms with Crippen LogP contribution in [0.4, 0.5) is 33.7 Å². The van der Waals surface area contributed by atoms with Crippen LogP contribution in [0.25, 0.3) is 0 Å². The second-order valence-corrected chi connectivity index (χ2v) is 7.88. The van der Waals surface area contributed by atoms with Gasteiger partial charge in [-0.1, -0.05) is 5.21 Å². The molecule has 0 spiro atoms. The van der Waals surface area contributed by atoms with E-state index in [9.17, 15) is 23.2 Å². The number of aromatic nitrogens is 3. The summed E-state index contributed by atoms with van der Waals surface area (Å²) in [6.45, 7) is -0.430. The Labute approximate surface area is 201 Å². The number of cyclic esters (lactones) is 1. The van der Waals surface area contributed by atoms with E-state index in [4.69, 9.17) is 9.57 Å². The van der Waals surface area contributed by atoms with E-state index in [0.29, 0.717) is 5.69 Å². The molecule has 1 aromatic heterocycles. The third-order valence-corrected chi connectivity index (χ3v) is 5.46. The van der Waals surface area contributed by atoms with Gasteiger partial charge in [0.2, 0.25) is 0 Å². The van der Waals surface area contributed by atoms with Gasteiger partial charge in [-0.15, -0.1) is 5.10 Å². The topological polar surface area (TPSA) is 133 Å². The summed E-state index contributed by atoms with van der Waals surface area (Å²) in [4.78, 5) is 43.3. The molecule has 0 radical (unpaired) electrons. The lowest BCUT2D eigenvalue weighted by Gasteiger charge is -2.24. The summed E-state index contributed by atoms with van der Waals surface area (Å²) in [5.74, 6) is -3.84. The van der Waals surface area contributed by atoms with Crippen LogP contribution in [0.2, 0.25) is 0 Å². The Bertz CT molecular complexity index is 1100. The lowest BCUT2D eigenvalue weighted by molar-refractivity contribution is -0.181. The first kappa shape index (κ1) is 25.2. The molecule has 0 bridgehead atoms. The monoisotopic (exact) mass is 515 g/mol. The van der Waals surface area contributed by atoms with Gasteiger partial charge in [-0.2, -0.15) is 8.78 Å². The van der Waals surface area contributed by atoms with E-state index in [2.05, 4.69) is 15.4 Å². The number of rotatable bonds is 7. The van der Waals surface area contributed by atoms with E-state index in [1.807, 2.05) is 5.32 Å². The van der Waals surface area contributed by atoms with Crippen molar-refractivity contribution < 1.29 is 41.5 Å². The van der Waals surface area contributed by atoms with Crippen LogP contribution < -0.4 is 15.1 Å². The summed E-state index contributed by atoms with van der Waals surface area (Å²) in [7, 11) is 0. The number of carbonyl (C=O) groups is 3. The zero-order chi connectivity index (χ0) is 25.8. The standard InChI is InChI=1S/C20H21F4N7O5/c21-14-6-12(30-10-13(36-20(30)34)9-25-19(33)18(23)24)7-15(22)17(14)29-1-2-31(35-4-3-29)16(32)5-11-8-26-28-27-11/h6-8,13,18H,1-5,9-10H2,(H,25,33)(H,26,27,28)/t13-/m0/s1. The third-order valence-electron chi connectivity index (χ3n) is 5.46. The van der Waals surface area contributed by atoms with Crippen molar-refractivity contribution in [3.63, 3.8) is 0 Å². The summed E-state index contributed by atoms with van der Waals surface area (Å²) in [6.07, 6.45) is -3.74. The maximum atomic E-state index is 15.0. The number of nitrogens with one attached hydrogen (secondary N) is 2. The maximum absolute atomic E-state index is 15.0. The van der Waals surface area contributed by atoms with Crippen molar-refractivity contribution in [2.75, 3.05) is 49.1 Å². The minimum atomic E-state index is -3.23. The molecule has 2 aliphatic rings. The average Bonchev–Trinajstić information content (AvgIpc) is 3.40. The van der Waals surface area contributed by atoms with E-state index >= 15 is 8.78 Å². The number of benzene rings is 1. The SMILES string of the molecule is O=C(NC[C@H]1CN(c2cc(F)c(N3CCON(C(=O)Cc4c[nH]nn4)CC3)c(F)c2)C(=O)O1)C(F)F. The van der Waals surface area contributed by atoms with Crippen LogP contribution in [0, 0.1) is 11.6 Å². The second kappa shape index (κ2) is 10.8. The van der Waals surface area contributed by atoms with Crippen molar-refractivity contribution in [1.29, 1.82) is 0 Å². The van der Waals surface area contributed by atoms with Crippen LogP contribution in [0.3, 0.4) is 0 Å². The molecule has 2 saturated heterocycles. The Kier molecular flexibility index (Phi) is 7.52. The third kappa shape index (κ3) is 5.64. The maximum Gasteiger partial charge on any atom is 0.414 e. The van der Waals surface area contributed by atoms with Crippen LogP contribution in [-0.4, -0.2) is 90.2 Å². The normalized spacial score (nSPS) is 18.4. The minimum absolute atomic E-state index is 0.0182. The minimum Gasteiger partial charge on any atom is -0.442 e. The highest BCUT2D eigenvalue weighted by Gasteiger charge is 2.34. The second-order valence-electron chi connectivity index (χ2n) is 7.88. The number of halogens is 4. The van der Waals surface area contributed by atoms with Gasteiger partial charge in [-0.05, 0) is 0 Å². The van der Waals surface area contributed by atoms with Gasteiger partial charge in [0.25, 0.3) is 11.8 Å². The molecule has 0 unspecified atom stereocenters. The van der Waals surface area contributed by atoms with Crippen molar-refractivity contribution in [2.45, 2.75) is 19.0 Å². The number of amides is 3. The number of anilines is 2. The van der Waals surface area contributed by atoms with Crippen LogP contribution >= 0.6 is 0 Å². The summed E-state index contributed by atoms with van der Waals surface area (Å²) < 4.78 is 59.6. The molecular formula is C20H21F4N7O5. The molecule has 0 aliphatic carbocycles. The molecule has 2 aliphatic heterocycles. The number of hydrogen-bond acceptors (Lipinski definition) is 8. The molecule has 2 fully saturated rings. The Balaban J connectivity index is 1.40. The molecule has 1 atom stereocenters. The zero-order valence-electron chi connectivity index (χ0n) is 18.6. The fourth-order valence-electron chi connectivity index (χ4n) is 3.76. The highest BCUT2D eigenvalue weighted by molar-refractivity contribution is 5.90. The average molecular weight is 515 g/mol. The molecular weight excluding hydrogens is 494 g/mol. The number of alkyl halides is 2. The van der Waals surface area contributed by atoms with Gasteiger partial charge in [0.1, 0.15) is 11.8 Å². The van der Waals surface area contributed by atoms with Gasteiger partial charge in [0.15, 0.2) is 11.6 Å². The molecule has 36 heavy (non-hydrogen) atoms. The van der Waals surface area contributed by atoms with Crippen LogP contribution in [-0.2, 0) is 25.6 Å². The number of H-pyrrole nitrogens is 1. The van der Waals surface area contributed by atoms with Crippen LogP contribution in [0.5, 0.6) is 0 Å². The van der Waals surface area contributed by atoms with Gasteiger partial charge in [0.05, 0.1) is 44.0 Å². The van der Waals surface area contributed by atoms with Crippen LogP contribution in [0.1, 0.15) is 5.69 Å². The Morgan fingerprint density at radius 1 is 1.19 bits per heavy atom. The number of aromatic amines is 1. The zero-order valence-corrected chi connectivity index (χ0v) is 18.6. The largest absolute Gasteiger partial charge is 0.442 e. The summed E-state index contributed by atoms with van der Waals surface area (Å²) in [5.41, 5.74) is -0.0881. The predicted molar refractivity (Wildman–Crippen MR) is 113 cm³/mol. The Hall–Kier alpha value is -3.95. The van der Waals surface area contributed by atoms with Gasteiger partial charge in [-0.3, -0.25) is 24.4 Å². The quantitative estimate of drug-likeness (QED) is 0.513. The molecule has 4 rings (SSSR count). The molecule has 3 amide bonds. The molecule has 194 valence electrons. The van der Waals surface area contributed by atoms with Crippen molar-refractivity contribution in [2.24, 2.45) is 0 Å². The van der Waals surface area contributed by atoms with E-state index in [1.54, 1.807) is 0 Å². The number of hydrogen-bond donors (Lipinski definition) is 2. The van der Waals surface area contributed by atoms with Crippen molar-refractivity contribution in [3.8, 4) is 0 Å². The van der Waals surface area contributed by atoms with E-state index in [1.165, 1.54) is 11.1 Å². The van der Waals surface area contributed by atoms with Crippen molar-refractivity contribution in [3.05, 3.63) is 35.7 Å². The summed E-state index contributed by atoms with van der Waals surface area (Å²) >= 11 is 0. The van der Waals surface area contributed by atoms with Crippen molar-refractivity contribution in [1.82, 2.24) is 25.8 Å². The molecule has 2 N–H and O–H groups in total. The smallest absolute Gasteiger partial charge is 0.414 e. The van der Waals surface area contributed by atoms with Gasteiger partial charge >= 0.3 is 12.5 Å². The van der Waals surface area contributed by atoms with Gasteiger partial charge < -0.3 is 15.0 Å². The first-order valence-electron chi connectivity index (χ1n) is 10.8. The molecule has 16 heteroatoms. The first-order valence-corrected chi connectivity index (χ1v) is 10.8. The highest BCUT2D eigenvalue weighted by atomic mass is 19.3. The Morgan fingerprint density at radius 3 is 2.61 bits per heavy atom. The first-order chi connectivity index (χ1) is 17.2. The van der Waals surface area contributed by atoms with Crippen LogP contribution in [0.15, 0.2) is 18.3 Å². The lowest BCUT2D eigenvalue weighted by Crippen LogP contribution is -2.37. The molecule has 1 aromatic carbocycles. The highest BCUT2D eigenvalue weighted by Crippen LogP contribution is 2.31. The number of ether oxygens (including phenoxy) is 1. The summed E-state index contributed by atoms with van der Waals surface area (Å²) in [5, 5.41) is 12.8. The molecule has 2 aromatic rings. The van der Waals surface area contributed by atoms with E-state index < -0.39 is 42.1 Å². The van der Waals surface area contributed by atoms with Gasteiger partial charge in [0, 0.05) is 31.4 Å². The molecule has 3 heterocycles. The van der Waals surface area contributed by atoms with Crippen molar-refractivity contribution >= 4 is 29.3 Å². The van der Waals surface area contributed by atoms with E-state index in [-0.39, 0.29) is 57.1 Å². The summed E-state index contributed by atoms with van der Waals surface area (Å²) in [6, 6.07) is 1.89. The number of carbonyl (C=O) groups excluding carboxylic acids is 3. The predicted octanol–water partition coefficient (Wildman–Crippen LogP) is 0.612. The Morgan fingerprint density at radius 2 is 1.94 bits per heavy atom. The lowest BCUT2D eigenvalue weighted by atomic mass is 10.2. The molecule has 12 nitrogen and oxygen atoms in total. The number of nitrogens with zero attached hydrogens (tertiary/aromatic N) is 5. The van der Waals surface area contributed by atoms with Gasteiger partial charge in [-0.25, -0.2) is 18.6 Å². The van der Waals surface area contributed by atoms with E-state index in [0.717, 1.165) is 22.1 Å². The fourth-order valence-corrected chi connectivity index (χ4v) is 3.76. The number of hydroxylamine groups is 2. The molecule has 0 saturated carbocycles. The fraction of sp³-hybridized carbons (Fsp3) is 0.450.